The van der Waals surface area contributed by atoms with E-state index in [0.717, 1.165) is 28.3 Å². The van der Waals surface area contributed by atoms with E-state index in [1.807, 2.05) is 12.3 Å². The fourth-order valence-corrected chi connectivity index (χ4v) is 5.18. The highest BCUT2D eigenvalue weighted by atomic mass is 79.9. The first-order valence-corrected chi connectivity index (χ1v) is 7.77. The quantitative estimate of drug-likeness (QED) is 0.848. The summed E-state index contributed by atoms with van der Waals surface area (Å²) in [6.45, 7) is 0. The van der Waals surface area contributed by atoms with Crippen LogP contribution in [0.5, 0.6) is 0 Å². The smallest absolute Gasteiger partial charge is 0.224 e. The minimum Gasteiger partial charge on any atom is -0.349 e. The highest BCUT2D eigenvalue weighted by Crippen LogP contribution is 2.56. The van der Waals surface area contributed by atoms with Gasteiger partial charge in [-0.2, -0.15) is 0 Å². The van der Waals surface area contributed by atoms with Crippen LogP contribution in [0.2, 0.25) is 0 Å². The normalized spacial score (nSPS) is 41.1. The zero-order valence-corrected chi connectivity index (χ0v) is 12.0. The molecule has 1 aromatic heterocycles. The SMILES string of the molecule is Brc1ccnc(NC23CC4CC(CC(C4)C2)C3)n1. The highest BCUT2D eigenvalue weighted by Gasteiger charge is 2.51. The van der Waals surface area contributed by atoms with Gasteiger partial charge in [0.1, 0.15) is 4.60 Å². The van der Waals surface area contributed by atoms with Gasteiger partial charge < -0.3 is 5.32 Å². The molecule has 18 heavy (non-hydrogen) atoms. The molecular formula is C14H18BrN3. The summed E-state index contributed by atoms with van der Waals surface area (Å²) in [5, 5.41) is 3.68. The lowest BCUT2D eigenvalue weighted by Crippen LogP contribution is -2.55. The average Bonchev–Trinajstić information content (AvgIpc) is 2.25. The summed E-state index contributed by atoms with van der Waals surface area (Å²) in [7, 11) is 0. The van der Waals surface area contributed by atoms with Crippen LogP contribution < -0.4 is 5.32 Å². The van der Waals surface area contributed by atoms with Crippen LogP contribution in [-0.4, -0.2) is 15.5 Å². The van der Waals surface area contributed by atoms with E-state index in [0.29, 0.717) is 5.54 Å². The van der Waals surface area contributed by atoms with E-state index in [9.17, 15) is 0 Å². The summed E-state index contributed by atoms with van der Waals surface area (Å²) in [4.78, 5) is 8.81. The van der Waals surface area contributed by atoms with Crippen LogP contribution in [0, 0.1) is 17.8 Å². The molecule has 0 radical (unpaired) electrons. The minimum atomic E-state index is 0.301. The number of nitrogens with zero attached hydrogens (tertiary/aromatic N) is 2. The van der Waals surface area contributed by atoms with Gasteiger partial charge in [0, 0.05) is 11.7 Å². The number of halogens is 1. The maximum Gasteiger partial charge on any atom is 0.224 e. The summed E-state index contributed by atoms with van der Waals surface area (Å²) in [5.41, 5.74) is 0.301. The number of aromatic nitrogens is 2. The van der Waals surface area contributed by atoms with Crippen molar-refractivity contribution in [1.82, 2.24) is 9.97 Å². The Kier molecular flexibility index (Phi) is 2.44. The number of hydrogen-bond donors (Lipinski definition) is 1. The number of anilines is 1. The Hall–Kier alpha value is -0.640. The predicted octanol–water partition coefficient (Wildman–Crippen LogP) is 3.62. The average molecular weight is 308 g/mol. The predicted molar refractivity (Wildman–Crippen MR) is 74.3 cm³/mol. The summed E-state index contributed by atoms with van der Waals surface area (Å²) in [6.07, 6.45) is 10.2. The fourth-order valence-electron chi connectivity index (χ4n) is 4.90. The molecule has 1 heterocycles. The topological polar surface area (TPSA) is 37.8 Å². The third kappa shape index (κ3) is 1.85. The maximum absolute atomic E-state index is 4.44. The second-order valence-electron chi connectivity index (χ2n) is 6.53. The van der Waals surface area contributed by atoms with Crippen molar-refractivity contribution in [1.29, 1.82) is 0 Å². The van der Waals surface area contributed by atoms with E-state index in [1.54, 1.807) is 0 Å². The Morgan fingerprint density at radius 2 is 1.72 bits per heavy atom. The van der Waals surface area contributed by atoms with Gasteiger partial charge in [-0.15, -0.1) is 0 Å². The van der Waals surface area contributed by atoms with Crippen LogP contribution in [0.15, 0.2) is 16.9 Å². The van der Waals surface area contributed by atoms with Gasteiger partial charge in [-0.3, -0.25) is 0 Å². The molecule has 1 aromatic rings. The van der Waals surface area contributed by atoms with Crippen LogP contribution in [0.3, 0.4) is 0 Å². The third-order valence-electron chi connectivity index (χ3n) is 5.04. The monoisotopic (exact) mass is 307 g/mol. The molecule has 3 nitrogen and oxygen atoms in total. The Morgan fingerprint density at radius 3 is 2.28 bits per heavy atom. The zero-order valence-electron chi connectivity index (χ0n) is 10.4. The highest BCUT2D eigenvalue weighted by molar-refractivity contribution is 9.10. The lowest BCUT2D eigenvalue weighted by atomic mass is 9.53. The van der Waals surface area contributed by atoms with Crippen molar-refractivity contribution in [3.8, 4) is 0 Å². The van der Waals surface area contributed by atoms with Crippen LogP contribution in [0.25, 0.3) is 0 Å². The van der Waals surface area contributed by atoms with Crippen LogP contribution >= 0.6 is 15.9 Å². The molecule has 4 aliphatic rings. The van der Waals surface area contributed by atoms with E-state index < -0.39 is 0 Å². The molecule has 4 bridgehead atoms. The molecule has 1 N–H and O–H groups in total. The molecule has 0 saturated heterocycles. The summed E-state index contributed by atoms with van der Waals surface area (Å²) < 4.78 is 0.865. The van der Waals surface area contributed by atoms with Gasteiger partial charge in [-0.25, -0.2) is 9.97 Å². The second kappa shape index (κ2) is 3.92. The van der Waals surface area contributed by atoms with Gasteiger partial charge >= 0.3 is 0 Å². The zero-order chi connectivity index (χ0) is 12.2. The molecule has 4 aliphatic carbocycles. The van der Waals surface area contributed by atoms with Crippen molar-refractivity contribution < 1.29 is 0 Å². The van der Waals surface area contributed by atoms with E-state index in [-0.39, 0.29) is 0 Å². The largest absolute Gasteiger partial charge is 0.349 e. The van der Waals surface area contributed by atoms with Gasteiger partial charge in [0.2, 0.25) is 5.95 Å². The summed E-state index contributed by atoms with van der Waals surface area (Å²) >= 11 is 3.42. The number of rotatable bonds is 2. The van der Waals surface area contributed by atoms with E-state index in [1.165, 1.54) is 38.5 Å². The molecule has 0 aromatic carbocycles. The van der Waals surface area contributed by atoms with Gasteiger partial charge in [-0.1, -0.05) is 0 Å². The molecule has 96 valence electrons. The van der Waals surface area contributed by atoms with Gasteiger partial charge in [0.05, 0.1) is 0 Å². The van der Waals surface area contributed by atoms with E-state index in [2.05, 4.69) is 31.2 Å². The van der Waals surface area contributed by atoms with Crippen molar-refractivity contribution in [3.63, 3.8) is 0 Å². The van der Waals surface area contributed by atoms with Gasteiger partial charge in [0.15, 0.2) is 0 Å². The molecule has 4 saturated carbocycles. The van der Waals surface area contributed by atoms with E-state index >= 15 is 0 Å². The fraction of sp³-hybridized carbons (Fsp3) is 0.714. The molecule has 0 amide bonds. The third-order valence-corrected chi connectivity index (χ3v) is 5.48. The Balaban J connectivity index is 1.60. The molecule has 4 fully saturated rings. The molecule has 0 atom stereocenters. The molecule has 0 spiro atoms. The first kappa shape index (κ1) is 11.2. The summed E-state index contributed by atoms with van der Waals surface area (Å²) in [6, 6.07) is 1.88. The first-order chi connectivity index (χ1) is 8.71. The van der Waals surface area contributed by atoms with Crippen molar-refractivity contribution >= 4 is 21.9 Å². The number of nitrogens with one attached hydrogen (secondary N) is 1. The van der Waals surface area contributed by atoms with Gasteiger partial charge in [-0.05, 0) is 78.3 Å². The summed E-state index contributed by atoms with van der Waals surface area (Å²) in [5.74, 6) is 3.66. The molecule has 0 aliphatic heterocycles. The van der Waals surface area contributed by atoms with Crippen molar-refractivity contribution in [2.75, 3.05) is 5.32 Å². The Bertz CT molecular complexity index is 439. The number of hydrogen-bond acceptors (Lipinski definition) is 3. The Labute approximate surface area is 116 Å². The van der Waals surface area contributed by atoms with Crippen molar-refractivity contribution in [2.45, 2.75) is 44.1 Å². The lowest BCUT2D eigenvalue weighted by Gasteiger charge is -2.56. The van der Waals surface area contributed by atoms with Gasteiger partial charge in [0.25, 0.3) is 0 Å². The van der Waals surface area contributed by atoms with Crippen LogP contribution in [0.4, 0.5) is 5.95 Å². The molecule has 0 unspecified atom stereocenters. The van der Waals surface area contributed by atoms with Crippen molar-refractivity contribution in [3.05, 3.63) is 16.9 Å². The maximum atomic E-state index is 4.44. The molecular weight excluding hydrogens is 290 g/mol. The molecule has 4 heteroatoms. The minimum absolute atomic E-state index is 0.301. The molecule has 5 rings (SSSR count). The van der Waals surface area contributed by atoms with Crippen LogP contribution in [0.1, 0.15) is 38.5 Å². The standard InChI is InChI=1S/C14H18BrN3/c15-12-1-2-16-13(17-12)18-14-6-9-3-10(7-14)5-11(4-9)8-14/h1-2,9-11H,3-8H2,(H,16,17,18). The van der Waals surface area contributed by atoms with E-state index in [4.69, 9.17) is 0 Å². The van der Waals surface area contributed by atoms with Crippen molar-refractivity contribution in [2.24, 2.45) is 17.8 Å². The second-order valence-corrected chi connectivity index (χ2v) is 7.34. The Morgan fingerprint density at radius 1 is 1.11 bits per heavy atom. The van der Waals surface area contributed by atoms with Crippen LogP contribution in [-0.2, 0) is 0 Å². The lowest BCUT2D eigenvalue weighted by molar-refractivity contribution is 0.0103. The first-order valence-electron chi connectivity index (χ1n) is 6.97.